The number of aryl methyl sites for hydroxylation is 1. The Morgan fingerprint density at radius 2 is 2.14 bits per heavy atom. The van der Waals surface area contributed by atoms with E-state index in [1.165, 1.54) is 0 Å². The first-order chi connectivity index (χ1) is 14.2. The molecule has 0 bridgehead atoms. The Morgan fingerprint density at radius 3 is 2.86 bits per heavy atom. The second-order valence-corrected chi connectivity index (χ2v) is 7.58. The minimum absolute atomic E-state index is 0.0891. The van der Waals surface area contributed by atoms with Gasteiger partial charge in [0, 0.05) is 45.0 Å². The van der Waals surface area contributed by atoms with Crippen molar-refractivity contribution in [2.24, 2.45) is 0 Å². The van der Waals surface area contributed by atoms with E-state index in [0.717, 1.165) is 37.8 Å². The van der Waals surface area contributed by atoms with Crippen molar-refractivity contribution in [3.63, 3.8) is 0 Å². The van der Waals surface area contributed by atoms with Gasteiger partial charge in [-0.3, -0.25) is 9.36 Å². The quantitative estimate of drug-likeness (QED) is 0.784. The molecule has 4 rings (SSSR count). The van der Waals surface area contributed by atoms with Crippen LogP contribution in [-0.4, -0.2) is 59.0 Å². The number of anilines is 1. The molecule has 2 aliphatic heterocycles. The molecule has 2 aromatic rings. The fourth-order valence-corrected chi connectivity index (χ4v) is 4.05. The van der Waals surface area contributed by atoms with Crippen LogP contribution in [0.25, 0.3) is 11.2 Å². The molecular formula is C20H28N6O3. The molecule has 0 radical (unpaired) electrons. The maximum atomic E-state index is 12.9. The predicted molar refractivity (Wildman–Crippen MR) is 110 cm³/mol. The fourth-order valence-electron chi connectivity index (χ4n) is 4.05. The average Bonchev–Trinajstić information content (AvgIpc) is 3.26. The summed E-state index contributed by atoms with van der Waals surface area (Å²) in [7, 11) is 0. The summed E-state index contributed by atoms with van der Waals surface area (Å²) >= 11 is 0. The van der Waals surface area contributed by atoms with Crippen LogP contribution < -0.4 is 21.1 Å². The number of nitrogens with zero attached hydrogens (tertiary/aromatic N) is 4. The number of hydrogen-bond donors (Lipinski definition) is 2. The van der Waals surface area contributed by atoms with E-state index in [4.69, 9.17) is 4.74 Å². The van der Waals surface area contributed by atoms with E-state index in [-0.39, 0.29) is 23.7 Å². The second-order valence-electron chi connectivity index (χ2n) is 7.58. The van der Waals surface area contributed by atoms with Crippen molar-refractivity contribution in [3.8, 4) is 0 Å². The number of nitrogens with one attached hydrogen (secondary N) is 2. The highest BCUT2D eigenvalue weighted by Gasteiger charge is 2.25. The molecule has 0 spiro atoms. The highest BCUT2D eigenvalue weighted by atomic mass is 16.5. The summed E-state index contributed by atoms with van der Waals surface area (Å²) in [6, 6.07) is 3.65. The van der Waals surface area contributed by atoms with Crippen molar-refractivity contribution >= 4 is 23.0 Å². The molecule has 2 aliphatic rings. The van der Waals surface area contributed by atoms with Crippen LogP contribution in [-0.2, 0) is 11.3 Å². The molecule has 0 saturated carbocycles. The molecule has 2 amide bonds. The van der Waals surface area contributed by atoms with E-state index < -0.39 is 0 Å². The number of carbonyl (C=O) groups excluding carboxylic acids is 1. The molecule has 2 aromatic heterocycles. The second kappa shape index (κ2) is 8.77. The van der Waals surface area contributed by atoms with Gasteiger partial charge < -0.3 is 20.3 Å². The summed E-state index contributed by atoms with van der Waals surface area (Å²) in [6.07, 6.45) is 5.41. The molecule has 2 fully saturated rings. The zero-order chi connectivity index (χ0) is 20.2. The Bertz CT molecular complexity index is 916. The summed E-state index contributed by atoms with van der Waals surface area (Å²) in [5, 5.41) is 5.93. The molecular weight excluding hydrogens is 372 g/mol. The van der Waals surface area contributed by atoms with E-state index in [1.54, 1.807) is 10.8 Å². The summed E-state index contributed by atoms with van der Waals surface area (Å²) in [5.41, 5.74) is 1.22. The molecule has 1 unspecified atom stereocenters. The average molecular weight is 400 g/mol. The van der Waals surface area contributed by atoms with Crippen LogP contribution in [0, 0.1) is 0 Å². The van der Waals surface area contributed by atoms with Gasteiger partial charge in [0.25, 0.3) is 5.56 Å². The number of carbonyl (C=O) groups is 1. The highest BCUT2D eigenvalue weighted by Crippen LogP contribution is 2.18. The molecule has 2 saturated heterocycles. The third-order valence-corrected chi connectivity index (χ3v) is 5.64. The first kappa shape index (κ1) is 19.6. The molecule has 0 aliphatic carbocycles. The summed E-state index contributed by atoms with van der Waals surface area (Å²) in [6.45, 7) is 5.17. The van der Waals surface area contributed by atoms with Gasteiger partial charge in [-0.2, -0.15) is 0 Å². The van der Waals surface area contributed by atoms with Gasteiger partial charge in [-0.05, 0) is 44.7 Å². The zero-order valence-electron chi connectivity index (χ0n) is 16.8. The lowest BCUT2D eigenvalue weighted by atomic mass is 10.1. The van der Waals surface area contributed by atoms with Crippen LogP contribution in [0.4, 0.5) is 10.6 Å². The van der Waals surface area contributed by atoms with Gasteiger partial charge in [0.1, 0.15) is 5.52 Å². The van der Waals surface area contributed by atoms with Gasteiger partial charge in [-0.1, -0.05) is 0 Å². The first-order valence-electron chi connectivity index (χ1n) is 10.4. The van der Waals surface area contributed by atoms with Crippen LogP contribution in [0.1, 0.15) is 32.6 Å². The predicted octanol–water partition coefficient (Wildman–Crippen LogP) is 1.26. The van der Waals surface area contributed by atoms with Crippen molar-refractivity contribution < 1.29 is 9.53 Å². The molecule has 4 heterocycles. The topological polar surface area (TPSA) is 101 Å². The number of rotatable bonds is 5. The van der Waals surface area contributed by atoms with E-state index >= 15 is 0 Å². The third-order valence-electron chi connectivity index (χ3n) is 5.64. The number of hydrogen-bond acceptors (Lipinski definition) is 6. The lowest BCUT2D eigenvalue weighted by molar-refractivity contribution is 0.111. The monoisotopic (exact) mass is 400 g/mol. The highest BCUT2D eigenvalue weighted by molar-refractivity contribution is 5.74. The molecule has 0 aromatic carbocycles. The van der Waals surface area contributed by atoms with Crippen molar-refractivity contribution in [2.75, 3.05) is 31.1 Å². The minimum Gasteiger partial charge on any atom is -0.376 e. The van der Waals surface area contributed by atoms with Gasteiger partial charge in [-0.15, -0.1) is 0 Å². The Hall–Kier alpha value is -2.68. The molecule has 156 valence electrons. The normalized spacial score (nSPS) is 20.2. The van der Waals surface area contributed by atoms with Gasteiger partial charge in [0.2, 0.25) is 0 Å². The van der Waals surface area contributed by atoms with Gasteiger partial charge in [0.05, 0.1) is 6.10 Å². The van der Waals surface area contributed by atoms with Crippen LogP contribution in [0.2, 0.25) is 0 Å². The van der Waals surface area contributed by atoms with E-state index in [1.807, 2.05) is 24.0 Å². The summed E-state index contributed by atoms with van der Waals surface area (Å²) in [4.78, 5) is 36.0. The molecule has 2 N–H and O–H groups in total. The van der Waals surface area contributed by atoms with Crippen molar-refractivity contribution in [3.05, 3.63) is 28.7 Å². The maximum Gasteiger partial charge on any atom is 0.315 e. The molecule has 1 atom stereocenters. The van der Waals surface area contributed by atoms with E-state index in [9.17, 15) is 9.59 Å². The third kappa shape index (κ3) is 4.34. The smallest absolute Gasteiger partial charge is 0.315 e. The minimum atomic E-state index is -0.151. The standard InChI is InChI=1S/C20H28N6O3/c1-2-26-17-16(6-3-9-21-17)24-18(19(26)27)25-10-7-14(8-11-25)23-20(28)22-13-15-5-4-12-29-15/h3,6,9,14-15H,2,4-5,7-8,10-13H2,1H3,(H2,22,23,28). The lowest BCUT2D eigenvalue weighted by Crippen LogP contribution is -2.50. The van der Waals surface area contributed by atoms with E-state index in [2.05, 4.69) is 20.6 Å². The van der Waals surface area contributed by atoms with Crippen LogP contribution in [0.3, 0.4) is 0 Å². The summed E-state index contributed by atoms with van der Waals surface area (Å²) in [5.74, 6) is 0.466. The number of fused-ring (bicyclic) bond motifs is 1. The number of amides is 2. The number of ether oxygens (including phenoxy) is 1. The van der Waals surface area contributed by atoms with Gasteiger partial charge in [-0.25, -0.2) is 14.8 Å². The molecule has 29 heavy (non-hydrogen) atoms. The van der Waals surface area contributed by atoms with Gasteiger partial charge >= 0.3 is 6.03 Å². The van der Waals surface area contributed by atoms with Crippen LogP contribution in [0.5, 0.6) is 0 Å². The largest absolute Gasteiger partial charge is 0.376 e. The SMILES string of the molecule is CCn1c(=O)c(N2CCC(NC(=O)NCC3CCCO3)CC2)nc2cccnc21. The lowest BCUT2D eigenvalue weighted by Gasteiger charge is -2.33. The van der Waals surface area contributed by atoms with Crippen molar-refractivity contribution in [1.29, 1.82) is 0 Å². The molecule has 9 heteroatoms. The Kier molecular flexibility index (Phi) is 5.94. The number of urea groups is 1. The van der Waals surface area contributed by atoms with Gasteiger partial charge in [0.15, 0.2) is 11.5 Å². The number of piperidine rings is 1. The van der Waals surface area contributed by atoms with Crippen molar-refractivity contribution in [1.82, 2.24) is 25.2 Å². The Morgan fingerprint density at radius 1 is 1.31 bits per heavy atom. The van der Waals surface area contributed by atoms with E-state index in [0.29, 0.717) is 37.6 Å². The van der Waals surface area contributed by atoms with Crippen molar-refractivity contribution in [2.45, 2.75) is 51.3 Å². The Balaban J connectivity index is 1.36. The first-order valence-corrected chi connectivity index (χ1v) is 10.4. The fraction of sp³-hybridized carbons (Fsp3) is 0.600. The van der Waals surface area contributed by atoms with Crippen LogP contribution >= 0.6 is 0 Å². The molecule has 9 nitrogen and oxygen atoms in total. The zero-order valence-corrected chi connectivity index (χ0v) is 16.8. The van der Waals surface area contributed by atoms with Crippen LogP contribution in [0.15, 0.2) is 23.1 Å². The number of pyridine rings is 1. The summed E-state index contributed by atoms with van der Waals surface area (Å²) < 4.78 is 7.19. The maximum absolute atomic E-state index is 12.9. The Labute approximate surface area is 169 Å². The number of aromatic nitrogens is 3.